The predicted octanol–water partition coefficient (Wildman–Crippen LogP) is 4.49. The normalized spacial score (nSPS) is 11.2. The third-order valence-corrected chi connectivity index (χ3v) is 4.12. The van der Waals surface area contributed by atoms with Crippen molar-refractivity contribution in [3.63, 3.8) is 0 Å². The Balaban J connectivity index is 2.07. The Morgan fingerprint density at radius 3 is 2.50 bits per heavy atom. The summed E-state index contributed by atoms with van der Waals surface area (Å²) >= 11 is 0. The van der Waals surface area contributed by atoms with E-state index in [0.717, 1.165) is 24.6 Å². The van der Waals surface area contributed by atoms with Crippen LogP contribution in [0.3, 0.4) is 0 Å². The molecule has 0 saturated carbocycles. The molecule has 2 aromatic carbocycles. The number of phenolic OH excluding ortho intramolecular Hbond substituents is 1. The summed E-state index contributed by atoms with van der Waals surface area (Å²) < 4.78 is 0. The highest BCUT2D eigenvalue weighted by molar-refractivity contribution is 6.10. The van der Waals surface area contributed by atoms with E-state index in [2.05, 4.69) is 25.8 Å². The molecule has 128 valence electrons. The number of phenols is 1. The second kappa shape index (κ2) is 8.65. The number of ketones is 1. The van der Waals surface area contributed by atoms with Gasteiger partial charge in [-0.2, -0.15) is 0 Å². The van der Waals surface area contributed by atoms with Gasteiger partial charge in [-0.3, -0.25) is 4.79 Å². The van der Waals surface area contributed by atoms with Crippen LogP contribution in [0, 0.1) is 5.92 Å². The molecular formula is C21H27NO2. The summed E-state index contributed by atoms with van der Waals surface area (Å²) in [7, 11) is 2.09. The number of hydrogen-bond acceptors (Lipinski definition) is 3. The van der Waals surface area contributed by atoms with E-state index in [1.165, 1.54) is 12.8 Å². The summed E-state index contributed by atoms with van der Waals surface area (Å²) in [5.74, 6) is 0.620. The first-order chi connectivity index (χ1) is 11.5. The molecule has 0 saturated heterocycles. The van der Waals surface area contributed by atoms with Crippen molar-refractivity contribution in [2.45, 2.75) is 33.2 Å². The molecule has 3 nitrogen and oxygen atoms in total. The molecule has 0 radical (unpaired) electrons. The summed E-state index contributed by atoms with van der Waals surface area (Å²) in [6, 6.07) is 14.4. The van der Waals surface area contributed by atoms with Crippen LogP contribution in [-0.4, -0.2) is 29.4 Å². The summed E-state index contributed by atoms with van der Waals surface area (Å²) in [5, 5.41) is 10.1. The van der Waals surface area contributed by atoms with Gasteiger partial charge in [-0.05, 0) is 50.0 Å². The number of rotatable bonds is 8. The first kappa shape index (κ1) is 18.2. The average Bonchev–Trinajstić information content (AvgIpc) is 2.56. The Labute approximate surface area is 144 Å². The molecule has 0 amide bonds. The van der Waals surface area contributed by atoms with E-state index < -0.39 is 0 Å². The minimum atomic E-state index is -0.141. The highest BCUT2D eigenvalue weighted by atomic mass is 16.3. The molecule has 0 atom stereocenters. The van der Waals surface area contributed by atoms with E-state index >= 15 is 0 Å². The Morgan fingerprint density at radius 2 is 1.83 bits per heavy atom. The van der Waals surface area contributed by atoms with Crippen LogP contribution < -0.4 is 0 Å². The first-order valence-corrected chi connectivity index (χ1v) is 8.57. The van der Waals surface area contributed by atoms with Crippen molar-refractivity contribution in [3.05, 3.63) is 65.2 Å². The van der Waals surface area contributed by atoms with E-state index in [4.69, 9.17) is 0 Å². The molecule has 0 aliphatic heterocycles. The third-order valence-electron chi connectivity index (χ3n) is 4.12. The zero-order valence-electron chi connectivity index (χ0n) is 14.8. The molecule has 0 heterocycles. The molecule has 1 N–H and O–H groups in total. The van der Waals surface area contributed by atoms with Gasteiger partial charge in [-0.25, -0.2) is 0 Å². The predicted molar refractivity (Wildman–Crippen MR) is 98.4 cm³/mol. The van der Waals surface area contributed by atoms with Gasteiger partial charge in [0, 0.05) is 12.1 Å². The summed E-state index contributed by atoms with van der Waals surface area (Å²) in [4.78, 5) is 14.8. The fraction of sp³-hybridized carbons (Fsp3) is 0.381. The van der Waals surface area contributed by atoms with Gasteiger partial charge in [0.2, 0.25) is 0 Å². The average molecular weight is 325 g/mol. The van der Waals surface area contributed by atoms with E-state index in [9.17, 15) is 9.90 Å². The van der Waals surface area contributed by atoms with Crippen LogP contribution in [-0.2, 0) is 6.54 Å². The maximum atomic E-state index is 12.6. The van der Waals surface area contributed by atoms with Gasteiger partial charge in [0.05, 0.1) is 5.56 Å². The van der Waals surface area contributed by atoms with Crippen molar-refractivity contribution in [1.82, 2.24) is 4.90 Å². The van der Waals surface area contributed by atoms with Crippen molar-refractivity contribution in [2.24, 2.45) is 5.92 Å². The van der Waals surface area contributed by atoms with Crippen molar-refractivity contribution in [3.8, 4) is 5.75 Å². The molecular weight excluding hydrogens is 298 g/mol. The Hall–Kier alpha value is -2.13. The lowest BCUT2D eigenvalue weighted by atomic mass is 10.00. The van der Waals surface area contributed by atoms with Gasteiger partial charge in [-0.1, -0.05) is 50.2 Å². The van der Waals surface area contributed by atoms with Crippen LogP contribution in [0.4, 0.5) is 0 Å². The van der Waals surface area contributed by atoms with Crippen molar-refractivity contribution in [2.75, 3.05) is 13.6 Å². The Kier molecular flexibility index (Phi) is 6.56. The summed E-state index contributed by atoms with van der Waals surface area (Å²) in [6.07, 6.45) is 2.39. The number of aromatic hydroxyl groups is 1. The van der Waals surface area contributed by atoms with Gasteiger partial charge >= 0.3 is 0 Å². The largest absolute Gasteiger partial charge is 0.507 e. The SMILES string of the molecule is CC(C)CCCN(C)Cc1ccc(O)c(C(=O)c2ccccc2)c1. The molecule has 2 aromatic rings. The zero-order valence-corrected chi connectivity index (χ0v) is 14.8. The molecule has 3 heteroatoms. The quantitative estimate of drug-likeness (QED) is 0.727. The van der Waals surface area contributed by atoms with E-state index in [1.807, 2.05) is 30.3 Å². The molecule has 0 bridgehead atoms. The lowest BCUT2D eigenvalue weighted by Gasteiger charge is -2.18. The van der Waals surface area contributed by atoms with Crippen molar-refractivity contribution < 1.29 is 9.90 Å². The third kappa shape index (κ3) is 5.20. The number of nitrogens with zero attached hydrogens (tertiary/aromatic N) is 1. The number of hydrogen-bond donors (Lipinski definition) is 1. The number of carbonyl (C=O) groups is 1. The van der Waals surface area contributed by atoms with Crippen LogP contribution in [0.1, 0.15) is 48.2 Å². The Bertz CT molecular complexity index is 665. The van der Waals surface area contributed by atoms with Crippen LogP contribution >= 0.6 is 0 Å². The highest BCUT2D eigenvalue weighted by Crippen LogP contribution is 2.22. The number of benzene rings is 2. The lowest BCUT2D eigenvalue weighted by Crippen LogP contribution is -2.19. The van der Waals surface area contributed by atoms with Crippen LogP contribution in [0.15, 0.2) is 48.5 Å². The molecule has 2 rings (SSSR count). The summed E-state index contributed by atoms with van der Waals surface area (Å²) in [5.41, 5.74) is 2.00. The van der Waals surface area contributed by atoms with E-state index in [1.54, 1.807) is 18.2 Å². The fourth-order valence-electron chi connectivity index (χ4n) is 2.77. The topological polar surface area (TPSA) is 40.5 Å². The van der Waals surface area contributed by atoms with Crippen LogP contribution in [0.5, 0.6) is 5.75 Å². The molecule has 0 aliphatic rings. The minimum Gasteiger partial charge on any atom is -0.507 e. The molecule has 0 fully saturated rings. The van der Waals surface area contributed by atoms with Gasteiger partial charge in [0.25, 0.3) is 0 Å². The molecule has 0 aromatic heterocycles. The fourth-order valence-corrected chi connectivity index (χ4v) is 2.77. The maximum absolute atomic E-state index is 12.6. The first-order valence-electron chi connectivity index (χ1n) is 8.57. The molecule has 0 spiro atoms. The highest BCUT2D eigenvalue weighted by Gasteiger charge is 2.14. The van der Waals surface area contributed by atoms with Crippen LogP contribution in [0.2, 0.25) is 0 Å². The lowest BCUT2D eigenvalue weighted by molar-refractivity contribution is 0.103. The second-order valence-corrected chi connectivity index (χ2v) is 6.82. The zero-order chi connectivity index (χ0) is 17.5. The standard InChI is InChI=1S/C21H27NO2/c1-16(2)8-7-13-22(3)15-17-11-12-20(23)19(14-17)21(24)18-9-5-4-6-10-18/h4-6,9-12,14,16,23H,7-8,13,15H2,1-3H3. The van der Waals surface area contributed by atoms with Crippen molar-refractivity contribution in [1.29, 1.82) is 0 Å². The van der Waals surface area contributed by atoms with Gasteiger partial charge in [0.15, 0.2) is 5.78 Å². The number of carbonyl (C=O) groups excluding carboxylic acids is 1. The second-order valence-electron chi connectivity index (χ2n) is 6.82. The minimum absolute atomic E-state index is 0.0371. The smallest absolute Gasteiger partial charge is 0.196 e. The molecule has 24 heavy (non-hydrogen) atoms. The maximum Gasteiger partial charge on any atom is 0.196 e. The van der Waals surface area contributed by atoms with E-state index in [-0.39, 0.29) is 11.5 Å². The van der Waals surface area contributed by atoms with Gasteiger partial charge in [0.1, 0.15) is 5.75 Å². The van der Waals surface area contributed by atoms with Gasteiger partial charge in [-0.15, -0.1) is 0 Å². The Morgan fingerprint density at radius 1 is 1.12 bits per heavy atom. The monoisotopic (exact) mass is 325 g/mol. The van der Waals surface area contributed by atoms with Crippen LogP contribution in [0.25, 0.3) is 0 Å². The summed E-state index contributed by atoms with van der Waals surface area (Å²) in [6.45, 7) is 6.28. The molecule has 0 unspecified atom stereocenters. The molecule has 0 aliphatic carbocycles. The van der Waals surface area contributed by atoms with Crippen molar-refractivity contribution >= 4 is 5.78 Å². The van der Waals surface area contributed by atoms with E-state index in [0.29, 0.717) is 11.1 Å². The van der Waals surface area contributed by atoms with Gasteiger partial charge < -0.3 is 10.0 Å².